The average molecular weight is 258 g/mol. The van der Waals surface area contributed by atoms with E-state index >= 15 is 0 Å². The van der Waals surface area contributed by atoms with Gasteiger partial charge in [-0.25, -0.2) is 4.68 Å². The Bertz CT molecular complexity index is 397. The summed E-state index contributed by atoms with van der Waals surface area (Å²) in [5, 5.41) is 28.4. The van der Waals surface area contributed by atoms with E-state index < -0.39 is 12.0 Å². The molecule has 2 heterocycles. The second kappa shape index (κ2) is 5.48. The molecule has 2 unspecified atom stereocenters. The molecule has 7 nitrogen and oxygen atoms in total. The average Bonchev–Trinajstić information content (AvgIpc) is 2.78. The minimum atomic E-state index is -0.835. The molecule has 0 radical (unpaired) electrons. The summed E-state index contributed by atoms with van der Waals surface area (Å²) in [7, 11) is 0. The van der Waals surface area contributed by atoms with Crippen molar-refractivity contribution < 1.29 is 15.0 Å². The Morgan fingerprint density at radius 1 is 1.71 bits per heavy atom. The molecule has 0 amide bonds. The zero-order valence-corrected chi connectivity index (χ0v) is 9.93. The van der Waals surface area contributed by atoms with Gasteiger partial charge in [0.1, 0.15) is 17.1 Å². The Kier molecular flexibility index (Phi) is 3.97. The Balaban J connectivity index is 2.02. The van der Waals surface area contributed by atoms with Crippen LogP contribution >= 0.6 is 11.8 Å². The lowest BCUT2D eigenvalue weighted by molar-refractivity contribution is -0.139. The summed E-state index contributed by atoms with van der Waals surface area (Å²) in [6, 6.07) is -0.524. The fourth-order valence-electron chi connectivity index (χ4n) is 1.63. The van der Waals surface area contributed by atoms with E-state index in [9.17, 15) is 4.79 Å². The van der Waals surface area contributed by atoms with Crippen molar-refractivity contribution in [1.82, 2.24) is 20.3 Å². The van der Waals surface area contributed by atoms with Gasteiger partial charge in [-0.15, -0.1) is 16.9 Å². The van der Waals surface area contributed by atoms with E-state index in [0.717, 1.165) is 5.75 Å². The number of aliphatic hydroxyl groups excluding tert-OH is 1. The van der Waals surface area contributed by atoms with Crippen LogP contribution in [0.25, 0.3) is 0 Å². The Hall–Kier alpha value is -1.12. The smallest absolute Gasteiger partial charge is 0.320 e. The highest BCUT2D eigenvalue weighted by Gasteiger charge is 2.28. The lowest BCUT2D eigenvalue weighted by atomic mass is 10.2. The highest BCUT2D eigenvalue weighted by Crippen LogP contribution is 2.30. The molecule has 0 spiro atoms. The minimum absolute atomic E-state index is 0.00574. The third-order valence-electron chi connectivity index (χ3n) is 2.50. The van der Waals surface area contributed by atoms with Gasteiger partial charge in [0.2, 0.25) is 0 Å². The number of aromatic nitrogens is 3. The van der Waals surface area contributed by atoms with E-state index in [0.29, 0.717) is 18.7 Å². The SMILES string of the molecule is O=C(O)C1CCSC(c2cn(CCO)nn2)N1. The van der Waals surface area contributed by atoms with Crippen molar-refractivity contribution >= 4 is 17.7 Å². The number of carboxylic acid groups (broad SMARTS) is 1. The first-order valence-corrected chi connectivity index (χ1v) is 6.37. The molecule has 1 saturated heterocycles. The molecule has 0 aliphatic carbocycles. The van der Waals surface area contributed by atoms with E-state index in [1.54, 1.807) is 22.6 Å². The van der Waals surface area contributed by atoms with Crippen LogP contribution < -0.4 is 5.32 Å². The van der Waals surface area contributed by atoms with Crippen molar-refractivity contribution in [3.8, 4) is 0 Å². The molecule has 1 aliphatic heterocycles. The predicted molar refractivity (Wildman–Crippen MR) is 61.5 cm³/mol. The van der Waals surface area contributed by atoms with E-state index in [-0.39, 0.29) is 12.0 Å². The Morgan fingerprint density at radius 3 is 3.24 bits per heavy atom. The largest absolute Gasteiger partial charge is 0.480 e. The fraction of sp³-hybridized carbons (Fsp3) is 0.667. The van der Waals surface area contributed by atoms with Crippen LogP contribution in [0.5, 0.6) is 0 Å². The van der Waals surface area contributed by atoms with Crippen molar-refractivity contribution in [3.05, 3.63) is 11.9 Å². The maximum atomic E-state index is 10.9. The third-order valence-corrected chi connectivity index (χ3v) is 3.68. The Morgan fingerprint density at radius 2 is 2.53 bits per heavy atom. The second-order valence-electron chi connectivity index (χ2n) is 3.73. The number of hydrogen-bond acceptors (Lipinski definition) is 6. The number of aliphatic carboxylic acids is 1. The number of nitrogens with one attached hydrogen (secondary N) is 1. The number of rotatable bonds is 4. The van der Waals surface area contributed by atoms with Crippen molar-refractivity contribution in [3.63, 3.8) is 0 Å². The highest BCUT2D eigenvalue weighted by atomic mass is 32.2. The maximum Gasteiger partial charge on any atom is 0.320 e. The standard InChI is InChI=1S/C9H14N4O3S/c14-3-2-13-5-7(11-12-13)8-10-6(9(15)16)1-4-17-8/h5-6,8,10,14H,1-4H2,(H,15,16). The van der Waals surface area contributed by atoms with Crippen LogP contribution in [0.2, 0.25) is 0 Å². The highest BCUT2D eigenvalue weighted by molar-refractivity contribution is 7.99. The van der Waals surface area contributed by atoms with Gasteiger partial charge in [-0.1, -0.05) is 5.21 Å². The first-order chi connectivity index (χ1) is 8.20. The number of carbonyl (C=O) groups is 1. The predicted octanol–water partition coefficient (Wildman–Crippen LogP) is -0.551. The summed E-state index contributed by atoms with van der Waals surface area (Å²) in [6.45, 7) is 0.401. The number of nitrogens with zero attached hydrogens (tertiary/aromatic N) is 3. The summed E-state index contributed by atoms with van der Waals surface area (Å²) < 4.78 is 1.54. The molecule has 3 N–H and O–H groups in total. The first-order valence-electron chi connectivity index (χ1n) is 5.32. The number of thioether (sulfide) groups is 1. The lowest BCUT2D eigenvalue weighted by Crippen LogP contribution is -2.41. The van der Waals surface area contributed by atoms with E-state index in [1.807, 2.05) is 0 Å². The minimum Gasteiger partial charge on any atom is -0.480 e. The van der Waals surface area contributed by atoms with Crippen molar-refractivity contribution in [2.24, 2.45) is 0 Å². The summed E-state index contributed by atoms with van der Waals surface area (Å²) >= 11 is 1.62. The van der Waals surface area contributed by atoms with Crippen LogP contribution in [-0.4, -0.2) is 49.6 Å². The third kappa shape index (κ3) is 2.96. The van der Waals surface area contributed by atoms with Crippen molar-refractivity contribution in [2.75, 3.05) is 12.4 Å². The first kappa shape index (κ1) is 12.3. The zero-order valence-electron chi connectivity index (χ0n) is 9.11. The zero-order chi connectivity index (χ0) is 12.3. The van der Waals surface area contributed by atoms with Crippen LogP contribution in [0.4, 0.5) is 0 Å². The summed E-state index contributed by atoms with van der Waals surface area (Å²) in [6.07, 6.45) is 2.34. The van der Waals surface area contributed by atoms with Crippen LogP contribution in [-0.2, 0) is 11.3 Å². The number of aliphatic hydroxyl groups is 1. The van der Waals surface area contributed by atoms with Gasteiger partial charge < -0.3 is 10.2 Å². The molecule has 2 rings (SSSR count). The van der Waals surface area contributed by atoms with Gasteiger partial charge >= 0.3 is 5.97 Å². The molecular formula is C9H14N4O3S. The molecule has 2 atom stereocenters. The molecular weight excluding hydrogens is 244 g/mol. The van der Waals surface area contributed by atoms with Gasteiger partial charge in [0, 0.05) is 0 Å². The van der Waals surface area contributed by atoms with E-state index in [1.165, 1.54) is 0 Å². The lowest BCUT2D eigenvalue weighted by Gasteiger charge is -2.26. The van der Waals surface area contributed by atoms with Crippen LogP contribution in [0.3, 0.4) is 0 Å². The van der Waals surface area contributed by atoms with Crippen LogP contribution in [0.15, 0.2) is 6.20 Å². The van der Waals surface area contributed by atoms with Gasteiger partial charge in [0.15, 0.2) is 0 Å². The molecule has 1 aromatic rings. The molecule has 1 fully saturated rings. The van der Waals surface area contributed by atoms with Crippen LogP contribution in [0, 0.1) is 0 Å². The molecule has 1 aliphatic rings. The quantitative estimate of drug-likeness (QED) is 0.666. The molecule has 0 saturated carbocycles. The van der Waals surface area contributed by atoms with Crippen LogP contribution in [0.1, 0.15) is 17.5 Å². The summed E-state index contributed by atoms with van der Waals surface area (Å²) in [5.74, 6) is -0.0559. The molecule has 0 bridgehead atoms. The normalized spacial score (nSPS) is 24.8. The molecule has 1 aromatic heterocycles. The molecule has 17 heavy (non-hydrogen) atoms. The topological polar surface area (TPSA) is 100 Å². The summed E-state index contributed by atoms with van der Waals surface area (Å²) in [5.41, 5.74) is 0.703. The fourth-order valence-corrected chi connectivity index (χ4v) is 2.78. The van der Waals surface area contributed by atoms with E-state index in [2.05, 4.69) is 15.6 Å². The van der Waals surface area contributed by atoms with E-state index in [4.69, 9.17) is 10.2 Å². The van der Waals surface area contributed by atoms with Gasteiger partial charge in [-0.05, 0) is 12.2 Å². The monoisotopic (exact) mass is 258 g/mol. The molecule has 8 heteroatoms. The Labute approximate surface area is 102 Å². The maximum absolute atomic E-state index is 10.9. The second-order valence-corrected chi connectivity index (χ2v) is 4.94. The number of hydrogen-bond donors (Lipinski definition) is 3. The summed E-state index contributed by atoms with van der Waals surface area (Å²) in [4.78, 5) is 10.9. The van der Waals surface area contributed by atoms with Crippen molar-refractivity contribution in [1.29, 1.82) is 0 Å². The molecule has 94 valence electrons. The molecule has 0 aromatic carbocycles. The van der Waals surface area contributed by atoms with Gasteiger partial charge in [-0.3, -0.25) is 10.1 Å². The van der Waals surface area contributed by atoms with Gasteiger partial charge in [0.05, 0.1) is 19.3 Å². The van der Waals surface area contributed by atoms with Crippen molar-refractivity contribution in [2.45, 2.75) is 24.4 Å². The van der Waals surface area contributed by atoms with Gasteiger partial charge in [-0.2, -0.15) is 0 Å². The number of carboxylic acids is 1. The van der Waals surface area contributed by atoms with Gasteiger partial charge in [0.25, 0.3) is 0 Å².